The molecule has 4 rings (SSSR count). The quantitative estimate of drug-likeness (QED) is 0.595. The number of carbonyl (C=O) groups is 3. The summed E-state index contributed by atoms with van der Waals surface area (Å²) in [5, 5.41) is 0. The van der Waals surface area contributed by atoms with Crippen LogP contribution in [0, 0.1) is 17.8 Å². The van der Waals surface area contributed by atoms with E-state index in [0.29, 0.717) is 30.0 Å². The Morgan fingerprint density at radius 3 is 2.44 bits per heavy atom. The van der Waals surface area contributed by atoms with E-state index in [4.69, 9.17) is 0 Å². The van der Waals surface area contributed by atoms with Crippen LogP contribution in [0.2, 0.25) is 0 Å². The normalized spacial score (nSPS) is 26.2. The molecule has 0 aromatic heterocycles. The fraction of sp³-hybridized carbons (Fsp3) is 0.500. The Balaban J connectivity index is 1.65. The van der Waals surface area contributed by atoms with Crippen LogP contribution >= 0.6 is 0 Å². The van der Waals surface area contributed by atoms with E-state index in [1.807, 2.05) is 11.8 Å². The van der Waals surface area contributed by atoms with Crippen molar-refractivity contribution in [2.24, 2.45) is 17.8 Å². The molecular formula is C22H26N2O3. The predicted molar refractivity (Wildman–Crippen MR) is 103 cm³/mol. The van der Waals surface area contributed by atoms with Gasteiger partial charge >= 0.3 is 0 Å². The number of benzene rings is 1. The average Bonchev–Trinajstić information content (AvgIpc) is 2.92. The predicted octanol–water partition coefficient (Wildman–Crippen LogP) is 3.40. The van der Waals surface area contributed by atoms with E-state index in [1.54, 1.807) is 24.3 Å². The van der Waals surface area contributed by atoms with Crippen molar-refractivity contribution in [3.05, 3.63) is 41.5 Å². The Hall–Kier alpha value is -2.43. The van der Waals surface area contributed by atoms with Crippen LogP contribution in [0.15, 0.2) is 35.9 Å². The van der Waals surface area contributed by atoms with Gasteiger partial charge in [0.2, 0.25) is 11.8 Å². The Labute approximate surface area is 160 Å². The third-order valence-corrected chi connectivity index (χ3v) is 6.27. The molecule has 2 fully saturated rings. The SMILES string of the molecule is CC1=CC[C@@H]2C(=O)N(c3ccccc3C(=O)N3CCC(C)CC3)C(=O)[C@H]2C1. The van der Waals surface area contributed by atoms with E-state index in [-0.39, 0.29) is 29.6 Å². The number of fused-ring (bicyclic) bond motifs is 1. The maximum atomic E-state index is 13.1. The molecule has 5 heteroatoms. The Kier molecular flexibility index (Phi) is 4.62. The van der Waals surface area contributed by atoms with Gasteiger partial charge in [0.05, 0.1) is 23.1 Å². The highest BCUT2D eigenvalue weighted by atomic mass is 16.2. The Morgan fingerprint density at radius 1 is 1.04 bits per heavy atom. The zero-order valence-electron chi connectivity index (χ0n) is 16.0. The van der Waals surface area contributed by atoms with Gasteiger partial charge in [0.15, 0.2) is 0 Å². The summed E-state index contributed by atoms with van der Waals surface area (Å²) in [5.74, 6) is -0.361. The molecule has 1 aliphatic carbocycles. The van der Waals surface area contributed by atoms with Gasteiger partial charge in [-0.2, -0.15) is 0 Å². The molecule has 0 spiro atoms. The summed E-state index contributed by atoms with van der Waals surface area (Å²) in [4.78, 5) is 42.3. The van der Waals surface area contributed by atoms with E-state index in [9.17, 15) is 14.4 Å². The maximum Gasteiger partial charge on any atom is 0.255 e. The molecule has 2 aliphatic heterocycles. The highest BCUT2D eigenvalue weighted by Gasteiger charge is 2.49. The molecule has 142 valence electrons. The minimum absolute atomic E-state index is 0.0812. The van der Waals surface area contributed by atoms with E-state index in [1.165, 1.54) is 4.90 Å². The van der Waals surface area contributed by atoms with Crippen LogP contribution in [0.25, 0.3) is 0 Å². The number of carbonyl (C=O) groups excluding carboxylic acids is 3. The Morgan fingerprint density at radius 2 is 1.70 bits per heavy atom. The number of allylic oxidation sites excluding steroid dienone is 2. The zero-order valence-corrected chi connectivity index (χ0v) is 16.0. The van der Waals surface area contributed by atoms with Crippen molar-refractivity contribution in [3.8, 4) is 0 Å². The van der Waals surface area contributed by atoms with E-state index in [0.717, 1.165) is 31.5 Å². The van der Waals surface area contributed by atoms with Gasteiger partial charge in [-0.3, -0.25) is 14.4 Å². The number of rotatable bonds is 2. The largest absolute Gasteiger partial charge is 0.339 e. The molecule has 0 saturated carbocycles. The van der Waals surface area contributed by atoms with Gasteiger partial charge in [0.25, 0.3) is 5.91 Å². The van der Waals surface area contributed by atoms with Gasteiger partial charge in [0, 0.05) is 13.1 Å². The number of likely N-dealkylation sites (tertiary alicyclic amines) is 1. The summed E-state index contributed by atoms with van der Waals surface area (Å²) in [5.41, 5.74) is 2.06. The van der Waals surface area contributed by atoms with Crippen LogP contribution in [0.1, 0.15) is 49.9 Å². The van der Waals surface area contributed by atoms with Crippen molar-refractivity contribution in [3.63, 3.8) is 0 Å². The Bertz CT molecular complexity index is 821. The molecule has 3 amide bonds. The summed E-state index contributed by atoms with van der Waals surface area (Å²) >= 11 is 0. The molecule has 0 unspecified atom stereocenters. The highest BCUT2D eigenvalue weighted by Crippen LogP contribution is 2.40. The lowest BCUT2D eigenvalue weighted by Gasteiger charge is -2.31. The van der Waals surface area contributed by atoms with Gasteiger partial charge in [-0.1, -0.05) is 30.7 Å². The second-order valence-corrected chi connectivity index (χ2v) is 8.21. The van der Waals surface area contributed by atoms with E-state index in [2.05, 4.69) is 13.0 Å². The molecule has 27 heavy (non-hydrogen) atoms. The van der Waals surface area contributed by atoms with Crippen molar-refractivity contribution in [1.82, 2.24) is 4.90 Å². The first kappa shape index (κ1) is 18.0. The first-order valence-electron chi connectivity index (χ1n) is 9.89. The number of amides is 3. The number of hydrogen-bond acceptors (Lipinski definition) is 3. The number of imide groups is 1. The summed E-state index contributed by atoms with van der Waals surface area (Å²) in [6, 6.07) is 7.05. The molecule has 1 aromatic rings. The second kappa shape index (κ2) is 6.95. The maximum absolute atomic E-state index is 13.1. The molecule has 5 nitrogen and oxygen atoms in total. The van der Waals surface area contributed by atoms with Crippen LogP contribution in [-0.2, 0) is 9.59 Å². The third-order valence-electron chi connectivity index (χ3n) is 6.27. The number of nitrogens with zero attached hydrogens (tertiary/aromatic N) is 2. The first-order valence-corrected chi connectivity index (χ1v) is 9.89. The van der Waals surface area contributed by atoms with Crippen LogP contribution in [0.4, 0.5) is 5.69 Å². The molecule has 0 bridgehead atoms. The molecule has 0 N–H and O–H groups in total. The molecule has 0 radical (unpaired) electrons. The standard InChI is InChI=1S/C22H26N2O3/c1-14-9-11-23(12-10-14)20(25)17-5-3-4-6-19(17)24-21(26)16-8-7-15(2)13-18(16)22(24)27/h3-7,14,16,18H,8-13H2,1-2H3/t16-,18-/m0/s1. The monoisotopic (exact) mass is 366 g/mol. The van der Waals surface area contributed by atoms with Crippen molar-refractivity contribution in [2.45, 2.75) is 39.5 Å². The van der Waals surface area contributed by atoms with Crippen LogP contribution in [-0.4, -0.2) is 35.7 Å². The highest BCUT2D eigenvalue weighted by molar-refractivity contribution is 6.24. The van der Waals surface area contributed by atoms with Crippen molar-refractivity contribution < 1.29 is 14.4 Å². The van der Waals surface area contributed by atoms with Gasteiger partial charge in [-0.05, 0) is 50.7 Å². The zero-order chi connectivity index (χ0) is 19.1. The topological polar surface area (TPSA) is 57.7 Å². The van der Waals surface area contributed by atoms with Crippen molar-refractivity contribution in [2.75, 3.05) is 18.0 Å². The lowest BCUT2D eigenvalue weighted by molar-refractivity contribution is -0.122. The molecule has 2 saturated heterocycles. The second-order valence-electron chi connectivity index (χ2n) is 8.21. The van der Waals surface area contributed by atoms with Gasteiger partial charge in [0.1, 0.15) is 0 Å². The van der Waals surface area contributed by atoms with Crippen LogP contribution in [0.3, 0.4) is 0 Å². The van der Waals surface area contributed by atoms with Crippen LogP contribution < -0.4 is 4.90 Å². The molecule has 2 atom stereocenters. The van der Waals surface area contributed by atoms with E-state index < -0.39 is 0 Å². The van der Waals surface area contributed by atoms with Gasteiger partial charge in [-0.25, -0.2) is 4.90 Å². The fourth-order valence-electron chi connectivity index (χ4n) is 4.51. The number of piperidine rings is 1. The molecule has 1 aromatic carbocycles. The van der Waals surface area contributed by atoms with Gasteiger partial charge in [-0.15, -0.1) is 0 Å². The summed E-state index contributed by atoms with van der Waals surface area (Å²) in [6.07, 6.45) is 5.28. The average molecular weight is 366 g/mol. The lowest BCUT2D eigenvalue weighted by atomic mass is 9.82. The molecular weight excluding hydrogens is 340 g/mol. The minimum atomic E-state index is -0.291. The van der Waals surface area contributed by atoms with Crippen molar-refractivity contribution in [1.29, 1.82) is 0 Å². The third kappa shape index (κ3) is 3.09. The number of para-hydroxylation sites is 1. The molecule has 3 aliphatic rings. The smallest absolute Gasteiger partial charge is 0.255 e. The lowest BCUT2D eigenvalue weighted by Crippen LogP contribution is -2.39. The number of anilines is 1. The van der Waals surface area contributed by atoms with E-state index >= 15 is 0 Å². The number of hydrogen-bond donors (Lipinski definition) is 0. The van der Waals surface area contributed by atoms with Crippen LogP contribution in [0.5, 0.6) is 0 Å². The van der Waals surface area contributed by atoms with Gasteiger partial charge < -0.3 is 4.90 Å². The van der Waals surface area contributed by atoms with Crippen molar-refractivity contribution >= 4 is 23.4 Å². The first-order chi connectivity index (χ1) is 13.0. The summed E-state index contributed by atoms with van der Waals surface area (Å²) in [6.45, 7) is 5.66. The summed E-state index contributed by atoms with van der Waals surface area (Å²) < 4.78 is 0. The molecule has 2 heterocycles. The fourth-order valence-corrected chi connectivity index (χ4v) is 4.51. The minimum Gasteiger partial charge on any atom is -0.339 e. The summed E-state index contributed by atoms with van der Waals surface area (Å²) in [7, 11) is 0.